The van der Waals surface area contributed by atoms with Gasteiger partial charge in [-0.25, -0.2) is 0 Å². The second-order valence-electron chi connectivity index (χ2n) is 7.92. The van der Waals surface area contributed by atoms with E-state index in [-0.39, 0.29) is 5.91 Å². The fraction of sp³-hybridized carbons (Fsp3) is 0.636. The average Bonchev–Trinajstić information content (AvgIpc) is 3.15. The second kappa shape index (κ2) is 11.2. The van der Waals surface area contributed by atoms with Crippen LogP contribution in [0.15, 0.2) is 29.3 Å². The Morgan fingerprint density at radius 3 is 2.72 bits per heavy atom. The Labute approximate surface area is 174 Å². The standard InChI is InChI=1S/C22H35N5O2/c1-23-22(25-20-8-11-26(12-9-20)13-14-29-2)24-16-18-5-3-6-19(15-18)17-27-10-4-7-21(27)28/h3,5-6,15,20H,4,7-14,16-17H2,1-2H3,(H2,23,24,25). The first-order valence-corrected chi connectivity index (χ1v) is 10.7. The molecular weight excluding hydrogens is 366 g/mol. The predicted octanol–water partition coefficient (Wildman–Crippen LogP) is 1.58. The molecule has 1 aromatic carbocycles. The lowest BCUT2D eigenvalue weighted by Crippen LogP contribution is -2.48. The lowest BCUT2D eigenvalue weighted by Gasteiger charge is -2.32. The number of aliphatic imine (C=N–C) groups is 1. The van der Waals surface area contributed by atoms with E-state index in [2.05, 4.69) is 44.8 Å². The van der Waals surface area contributed by atoms with Gasteiger partial charge in [0.2, 0.25) is 5.91 Å². The summed E-state index contributed by atoms with van der Waals surface area (Å²) in [6.45, 7) is 6.30. The number of piperidine rings is 1. The molecule has 1 amide bonds. The van der Waals surface area contributed by atoms with E-state index in [1.54, 1.807) is 7.11 Å². The molecule has 2 heterocycles. The summed E-state index contributed by atoms with van der Waals surface area (Å²) in [4.78, 5) is 20.7. The van der Waals surface area contributed by atoms with Gasteiger partial charge >= 0.3 is 0 Å². The molecule has 2 saturated heterocycles. The number of hydrogen-bond donors (Lipinski definition) is 2. The molecule has 29 heavy (non-hydrogen) atoms. The van der Waals surface area contributed by atoms with Crippen LogP contribution in [0.3, 0.4) is 0 Å². The number of carbonyl (C=O) groups is 1. The minimum absolute atomic E-state index is 0.270. The first-order chi connectivity index (χ1) is 14.2. The van der Waals surface area contributed by atoms with Crippen molar-refractivity contribution < 1.29 is 9.53 Å². The summed E-state index contributed by atoms with van der Waals surface area (Å²) in [5, 5.41) is 6.99. The number of guanidine groups is 1. The van der Waals surface area contributed by atoms with Crippen molar-refractivity contribution in [3.05, 3.63) is 35.4 Å². The van der Waals surface area contributed by atoms with E-state index in [0.29, 0.717) is 25.6 Å². The van der Waals surface area contributed by atoms with Crippen LogP contribution < -0.4 is 10.6 Å². The highest BCUT2D eigenvalue weighted by atomic mass is 16.5. The molecule has 2 N–H and O–H groups in total. The summed E-state index contributed by atoms with van der Waals surface area (Å²) in [5.41, 5.74) is 2.39. The maximum atomic E-state index is 11.9. The molecule has 0 bridgehead atoms. The van der Waals surface area contributed by atoms with Crippen molar-refractivity contribution in [2.75, 3.05) is 46.9 Å². The molecule has 1 aromatic rings. The number of rotatable bonds is 8. The topological polar surface area (TPSA) is 69.2 Å². The van der Waals surface area contributed by atoms with Crippen LogP contribution in [0.5, 0.6) is 0 Å². The molecule has 7 heteroatoms. The molecular formula is C22H35N5O2. The van der Waals surface area contributed by atoms with Crippen molar-refractivity contribution in [3.63, 3.8) is 0 Å². The van der Waals surface area contributed by atoms with E-state index in [0.717, 1.165) is 58.0 Å². The van der Waals surface area contributed by atoms with E-state index >= 15 is 0 Å². The molecule has 160 valence electrons. The van der Waals surface area contributed by atoms with Gasteiger partial charge < -0.3 is 25.2 Å². The van der Waals surface area contributed by atoms with Crippen molar-refractivity contribution in [3.8, 4) is 0 Å². The maximum Gasteiger partial charge on any atom is 0.222 e. The number of hydrogen-bond acceptors (Lipinski definition) is 4. The lowest BCUT2D eigenvalue weighted by molar-refractivity contribution is -0.128. The monoisotopic (exact) mass is 401 g/mol. The van der Waals surface area contributed by atoms with E-state index in [1.807, 2.05) is 11.9 Å². The normalized spacial score (nSPS) is 19.0. The van der Waals surface area contributed by atoms with Gasteiger partial charge in [0.05, 0.1) is 6.61 Å². The predicted molar refractivity (Wildman–Crippen MR) is 116 cm³/mol. The average molecular weight is 402 g/mol. The van der Waals surface area contributed by atoms with Crippen molar-refractivity contribution >= 4 is 11.9 Å². The molecule has 2 aliphatic rings. The van der Waals surface area contributed by atoms with Crippen molar-refractivity contribution in [2.45, 2.75) is 44.8 Å². The molecule has 0 spiro atoms. The van der Waals surface area contributed by atoms with Crippen LogP contribution in [0.1, 0.15) is 36.8 Å². The third-order valence-electron chi connectivity index (χ3n) is 5.76. The first-order valence-electron chi connectivity index (χ1n) is 10.7. The summed E-state index contributed by atoms with van der Waals surface area (Å²) in [5.74, 6) is 1.12. The van der Waals surface area contributed by atoms with Gasteiger partial charge in [0.15, 0.2) is 5.96 Å². The number of benzene rings is 1. The van der Waals surface area contributed by atoms with Crippen molar-refractivity contribution in [1.29, 1.82) is 0 Å². The number of nitrogens with one attached hydrogen (secondary N) is 2. The zero-order valence-corrected chi connectivity index (χ0v) is 17.8. The quantitative estimate of drug-likeness (QED) is 0.511. The number of nitrogens with zero attached hydrogens (tertiary/aromatic N) is 3. The van der Waals surface area contributed by atoms with E-state index < -0.39 is 0 Å². The highest BCUT2D eigenvalue weighted by Crippen LogP contribution is 2.15. The Morgan fingerprint density at radius 1 is 1.24 bits per heavy atom. The lowest BCUT2D eigenvalue weighted by atomic mass is 10.1. The van der Waals surface area contributed by atoms with Gasteiger partial charge in [0, 0.05) is 65.9 Å². The summed E-state index contributed by atoms with van der Waals surface area (Å²) < 4.78 is 5.17. The van der Waals surface area contributed by atoms with Gasteiger partial charge in [0.25, 0.3) is 0 Å². The van der Waals surface area contributed by atoms with Gasteiger partial charge in [-0.05, 0) is 30.4 Å². The number of amides is 1. The van der Waals surface area contributed by atoms with Crippen LogP contribution in [-0.4, -0.2) is 74.7 Å². The zero-order valence-electron chi connectivity index (χ0n) is 17.8. The molecule has 0 unspecified atom stereocenters. The third kappa shape index (κ3) is 6.72. The molecule has 0 saturated carbocycles. The number of methoxy groups -OCH3 is 1. The summed E-state index contributed by atoms with van der Waals surface area (Å²) >= 11 is 0. The summed E-state index contributed by atoms with van der Waals surface area (Å²) in [6, 6.07) is 8.91. The van der Waals surface area contributed by atoms with Crippen LogP contribution in [0.4, 0.5) is 0 Å². The fourth-order valence-corrected chi connectivity index (χ4v) is 4.02. The van der Waals surface area contributed by atoms with Gasteiger partial charge in [0.1, 0.15) is 0 Å². The number of likely N-dealkylation sites (tertiary alicyclic amines) is 2. The molecule has 2 aliphatic heterocycles. The summed E-state index contributed by atoms with van der Waals surface area (Å²) in [6.07, 6.45) is 3.90. The molecule has 0 aromatic heterocycles. The molecule has 7 nitrogen and oxygen atoms in total. The molecule has 0 atom stereocenters. The maximum absolute atomic E-state index is 11.9. The molecule has 0 aliphatic carbocycles. The Morgan fingerprint density at radius 2 is 2.03 bits per heavy atom. The number of carbonyl (C=O) groups excluding carboxylic acids is 1. The Kier molecular flexibility index (Phi) is 8.31. The number of ether oxygens (including phenoxy) is 1. The van der Waals surface area contributed by atoms with Crippen LogP contribution >= 0.6 is 0 Å². The third-order valence-corrected chi connectivity index (χ3v) is 5.76. The fourth-order valence-electron chi connectivity index (χ4n) is 4.02. The second-order valence-corrected chi connectivity index (χ2v) is 7.92. The van der Waals surface area contributed by atoms with Gasteiger partial charge in [-0.1, -0.05) is 24.3 Å². The molecule has 2 fully saturated rings. The van der Waals surface area contributed by atoms with Gasteiger partial charge in [-0.3, -0.25) is 9.79 Å². The van der Waals surface area contributed by atoms with Crippen LogP contribution in [0.25, 0.3) is 0 Å². The smallest absolute Gasteiger partial charge is 0.222 e. The molecule has 3 rings (SSSR count). The van der Waals surface area contributed by atoms with Crippen molar-refractivity contribution in [2.24, 2.45) is 4.99 Å². The van der Waals surface area contributed by atoms with Gasteiger partial charge in [-0.2, -0.15) is 0 Å². The van der Waals surface area contributed by atoms with Gasteiger partial charge in [-0.15, -0.1) is 0 Å². The Balaban J connectivity index is 1.44. The highest BCUT2D eigenvalue weighted by Gasteiger charge is 2.21. The van der Waals surface area contributed by atoms with Crippen LogP contribution in [0, 0.1) is 0 Å². The highest BCUT2D eigenvalue weighted by molar-refractivity contribution is 5.80. The van der Waals surface area contributed by atoms with E-state index in [9.17, 15) is 4.79 Å². The minimum atomic E-state index is 0.270. The Bertz CT molecular complexity index is 686. The zero-order chi connectivity index (χ0) is 20.5. The van der Waals surface area contributed by atoms with Crippen LogP contribution in [0.2, 0.25) is 0 Å². The molecule has 0 radical (unpaired) electrons. The summed E-state index contributed by atoms with van der Waals surface area (Å²) in [7, 11) is 3.57. The van der Waals surface area contributed by atoms with Crippen LogP contribution in [-0.2, 0) is 22.6 Å². The first kappa shape index (κ1) is 21.6. The van der Waals surface area contributed by atoms with E-state index in [4.69, 9.17) is 4.74 Å². The van der Waals surface area contributed by atoms with E-state index in [1.165, 1.54) is 11.1 Å². The minimum Gasteiger partial charge on any atom is -0.383 e. The Hall–Kier alpha value is -2.12. The largest absolute Gasteiger partial charge is 0.383 e. The van der Waals surface area contributed by atoms with Crippen molar-refractivity contribution in [1.82, 2.24) is 20.4 Å². The SMILES string of the molecule is CN=C(NCc1cccc(CN2CCCC2=O)c1)NC1CCN(CCOC)CC1.